The summed E-state index contributed by atoms with van der Waals surface area (Å²) in [6.07, 6.45) is 9.42. The van der Waals surface area contributed by atoms with Crippen LogP contribution in [0, 0.1) is 0 Å². The van der Waals surface area contributed by atoms with Gasteiger partial charge in [0.1, 0.15) is 0 Å². The topological polar surface area (TPSA) is 28.2 Å². The van der Waals surface area contributed by atoms with E-state index >= 15 is 0 Å². The number of rotatable bonds is 3. The van der Waals surface area contributed by atoms with E-state index in [1.165, 1.54) is 11.3 Å². The first-order chi connectivity index (χ1) is 7.42. The molecule has 2 heterocycles. The Labute approximate surface area is 90.8 Å². The number of nitrogens with one attached hydrogen (secondary N) is 1. The van der Waals surface area contributed by atoms with Crippen molar-refractivity contribution in [1.82, 2.24) is 10.3 Å². The van der Waals surface area contributed by atoms with E-state index in [4.69, 9.17) is 0 Å². The summed E-state index contributed by atoms with van der Waals surface area (Å²) in [5.74, 6) is 0. The van der Waals surface area contributed by atoms with Gasteiger partial charge in [-0.3, -0.25) is 4.98 Å². The van der Waals surface area contributed by atoms with E-state index in [1.807, 2.05) is 19.4 Å². The molecular formula is C12H17N3. The van der Waals surface area contributed by atoms with Gasteiger partial charge in [0.25, 0.3) is 0 Å². The number of pyridine rings is 1. The minimum Gasteiger partial charge on any atom is -0.366 e. The maximum absolute atomic E-state index is 4.21. The van der Waals surface area contributed by atoms with Crippen LogP contribution in [0.3, 0.4) is 0 Å². The molecule has 2 rings (SSSR count). The third-order valence-corrected chi connectivity index (χ3v) is 2.65. The molecule has 1 aromatic heterocycles. The zero-order chi connectivity index (χ0) is 10.5. The molecule has 0 fully saturated rings. The van der Waals surface area contributed by atoms with Crippen LogP contribution >= 0.6 is 0 Å². The van der Waals surface area contributed by atoms with Crippen molar-refractivity contribution in [2.75, 3.05) is 25.0 Å². The predicted octanol–water partition coefficient (Wildman–Crippen LogP) is 1.57. The molecule has 0 saturated heterocycles. The Morgan fingerprint density at radius 2 is 2.40 bits per heavy atom. The minimum atomic E-state index is 0.901. The second-order valence-electron chi connectivity index (χ2n) is 3.74. The molecule has 0 unspecified atom stereocenters. The Balaban J connectivity index is 2.21. The lowest BCUT2D eigenvalue weighted by atomic mass is 10.1. The number of anilines is 1. The molecule has 0 bridgehead atoms. The normalized spacial score (nSPS) is 15.7. The van der Waals surface area contributed by atoms with Crippen LogP contribution in [0.5, 0.6) is 0 Å². The van der Waals surface area contributed by atoms with Gasteiger partial charge in [-0.2, -0.15) is 0 Å². The first-order valence-corrected chi connectivity index (χ1v) is 5.39. The molecule has 0 amide bonds. The van der Waals surface area contributed by atoms with Gasteiger partial charge in [-0.15, -0.1) is 0 Å². The van der Waals surface area contributed by atoms with Crippen LogP contribution in [-0.2, 0) is 6.54 Å². The maximum atomic E-state index is 4.21. The second-order valence-corrected chi connectivity index (χ2v) is 3.74. The summed E-state index contributed by atoms with van der Waals surface area (Å²) in [5, 5.41) is 3.19. The number of aromatic nitrogens is 1. The minimum absolute atomic E-state index is 0.901. The summed E-state index contributed by atoms with van der Waals surface area (Å²) in [4.78, 5) is 6.58. The van der Waals surface area contributed by atoms with E-state index < -0.39 is 0 Å². The summed E-state index contributed by atoms with van der Waals surface area (Å²) in [6, 6.07) is 2.09. The molecule has 0 aliphatic carbocycles. The van der Waals surface area contributed by atoms with Crippen LogP contribution < -0.4 is 10.2 Å². The summed E-state index contributed by atoms with van der Waals surface area (Å²) in [7, 11) is 1.97. The number of nitrogens with zero attached hydrogens (tertiary/aromatic N) is 2. The second kappa shape index (κ2) is 4.94. The van der Waals surface area contributed by atoms with Gasteiger partial charge in [-0.1, -0.05) is 12.2 Å². The maximum Gasteiger partial charge on any atom is 0.0601 e. The lowest BCUT2D eigenvalue weighted by Crippen LogP contribution is -2.28. The van der Waals surface area contributed by atoms with E-state index in [0.717, 1.165) is 26.1 Å². The third-order valence-electron chi connectivity index (χ3n) is 2.65. The number of hydrogen-bond acceptors (Lipinski definition) is 3. The van der Waals surface area contributed by atoms with Crippen LogP contribution in [0.25, 0.3) is 0 Å². The van der Waals surface area contributed by atoms with Gasteiger partial charge in [-0.05, 0) is 25.1 Å². The fraction of sp³-hybridized carbons (Fsp3) is 0.417. The van der Waals surface area contributed by atoms with Crippen molar-refractivity contribution in [3.05, 3.63) is 36.2 Å². The van der Waals surface area contributed by atoms with Crippen LogP contribution in [0.1, 0.15) is 12.0 Å². The summed E-state index contributed by atoms with van der Waals surface area (Å²) >= 11 is 0. The van der Waals surface area contributed by atoms with E-state index in [1.54, 1.807) is 0 Å². The Morgan fingerprint density at radius 3 is 3.13 bits per heavy atom. The van der Waals surface area contributed by atoms with Gasteiger partial charge < -0.3 is 10.2 Å². The average molecular weight is 203 g/mol. The SMILES string of the molecule is CNCc1ccncc1N1CC=CCC1. The Bertz CT molecular complexity index is 346. The van der Waals surface area contributed by atoms with Crippen molar-refractivity contribution in [2.24, 2.45) is 0 Å². The van der Waals surface area contributed by atoms with Crippen molar-refractivity contribution in [3.8, 4) is 0 Å². The van der Waals surface area contributed by atoms with Gasteiger partial charge in [0, 0.05) is 25.8 Å². The molecular weight excluding hydrogens is 186 g/mol. The molecule has 15 heavy (non-hydrogen) atoms. The fourth-order valence-corrected chi connectivity index (χ4v) is 1.90. The van der Waals surface area contributed by atoms with Crippen molar-refractivity contribution >= 4 is 5.69 Å². The van der Waals surface area contributed by atoms with Crippen molar-refractivity contribution in [2.45, 2.75) is 13.0 Å². The Morgan fingerprint density at radius 1 is 1.47 bits per heavy atom. The molecule has 0 saturated carbocycles. The third kappa shape index (κ3) is 2.36. The van der Waals surface area contributed by atoms with Gasteiger partial charge in [-0.25, -0.2) is 0 Å². The molecule has 1 N–H and O–H groups in total. The highest BCUT2D eigenvalue weighted by molar-refractivity contribution is 5.52. The van der Waals surface area contributed by atoms with E-state index in [-0.39, 0.29) is 0 Å². The van der Waals surface area contributed by atoms with Gasteiger partial charge in [0.2, 0.25) is 0 Å². The zero-order valence-electron chi connectivity index (χ0n) is 9.11. The monoisotopic (exact) mass is 203 g/mol. The van der Waals surface area contributed by atoms with E-state index in [9.17, 15) is 0 Å². The largest absolute Gasteiger partial charge is 0.366 e. The molecule has 0 aromatic carbocycles. The van der Waals surface area contributed by atoms with E-state index in [2.05, 4.69) is 33.4 Å². The highest BCUT2D eigenvalue weighted by Crippen LogP contribution is 2.20. The molecule has 80 valence electrons. The lowest BCUT2D eigenvalue weighted by Gasteiger charge is -2.27. The molecule has 0 atom stereocenters. The highest BCUT2D eigenvalue weighted by atomic mass is 15.1. The molecule has 1 aliphatic rings. The first-order valence-electron chi connectivity index (χ1n) is 5.39. The summed E-state index contributed by atoms with van der Waals surface area (Å²) in [6.45, 7) is 3.00. The lowest BCUT2D eigenvalue weighted by molar-refractivity contribution is 0.779. The molecule has 0 radical (unpaired) electrons. The van der Waals surface area contributed by atoms with Crippen LogP contribution in [-0.4, -0.2) is 25.1 Å². The van der Waals surface area contributed by atoms with Crippen LogP contribution in [0.4, 0.5) is 5.69 Å². The van der Waals surface area contributed by atoms with Crippen molar-refractivity contribution < 1.29 is 0 Å². The van der Waals surface area contributed by atoms with Crippen LogP contribution in [0.2, 0.25) is 0 Å². The molecule has 0 spiro atoms. The number of hydrogen-bond donors (Lipinski definition) is 1. The zero-order valence-corrected chi connectivity index (χ0v) is 9.11. The molecule has 3 nitrogen and oxygen atoms in total. The first kappa shape index (κ1) is 10.2. The van der Waals surface area contributed by atoms with E-state index in [0.29, 0.717) is 0 Å². The summed E-state index contributed by atoms with van der Waals surface area (Å²) in [5.41, 5.74) is 2.58. The predicted molar refractivity (Wildman–Crippen MR) is 63.0 cm³/mol. The Kier molecular flexibility index (Phi) is 3.35. The quantitative estimate of drug-likeness (QED) is 0.756. The van der Waals surface area contributed by atoms with Gasteiger partial charge in [0.15, 0.2) is 0 Å². The standard InChI is InChI=1S/C12H17N3/c1-13-9-11-5-6-14-10-12(11)15-7-3-2-4-8-15/h2-3,5-6,10,13H,4,7-9H2,1H3. The fourth-order valence-electron chi connectivity index (χ4n) is 1.90. The van der Waals surface area contributed by atoms with Gasteiger partial charge >= 0.3 is 0 Å². The molecule has 1 aromatic rings. The average Bonchev–Trinajstić information content (AvgIpc) is 2.31. The summed E-state index contributed by atoms with van der Waals surface area (Å²) < 4.78 is 0. The van der Waals surface area contributed by atoms with Crippen LogP contribution in [0.15, 0.2) is 30.6 Å². The smallest absolute Gasteiger partial charge is 0.0601 e. The molecule has 1 aliphatic heterocycles. The van der Waals surface area contributed by atoms with Gasteiger partial charge in [0.05, 0.1) is 11.9 Å². The van der Waals surface area contributed by atoms with Crippen molar-refractivity contribution in [3.63, 3.8) is 0 Å². The molecule has 3 heteroatoms. The van der Waals surface area contributed by atoms with Crippen molar-refractivity contribution in [1.29, 1.82) is 0 Å². The Hall–Kier alpha value is -1.35. The highest BCUT2D eigenvalue weighted by Gasteiger charge is 2.10.